The van der Waals surface area contributed by atoms with Gasteiger partial charge in [0, 0.05) is 31.1 Å². The Balaban J connectivity index is 1.64. The van der Waals surface area contributed by atoms with Crippen LogP contribution in [0.15, 0.2) is 36.0 Å². The maximum atomic E-state index is 14.4. The Bertz CT molecular complexity index is 754. The first-order chi connectivity index (χ1) is 12.1. The zero-order chi connectivity index (χ0) is 17.1. The second-order valence-corrected chi connectivity index (χ2v) is 7.58. The molecule has 3 aliphatic heterocycles. The summed E-state index contributed by atoms with van der Waals surface area (Å²) in [6, 6.07) is 4.68. The molecule has 4 nitrogen and oxygen atoms in total. The van der Waals surface area contributed by atoms with Crippen molar-refractivity contribution in [2.75, 3.05) is 13.1 Å². The lowest BCUT2D eigenvalue weighted by Gasteiger charge is -2.41. The van der Waals surface area contributed by atoms with Gasteiger partial charge in [0.2, 0.25) is 0 Å². The zero-order valence-electron chi connectivity index (χ0n) is 14.0. The van der Waals surface area contributed by atoms with Gasteiger partial charge in [-0.05, 0) is 41.3 Å². The maximum Gasteiger partial charge on any atom is 0.133 e. The van der Waals surface area contributed by atoms with E-state index in [0.29, 0.717) is 18.0 Å². The van der Waals surface area contributed by atoms with E-state index >= 15 is 0 Å². The molecule has 0 radical (unpaired) electrons. The second kappa shape index (κ2) is 5.62. The molecule has 132 valence electrons. The van der Waals surface area contributed by atoms with Crippen LogP contribution in [-0.4, -0.2) is 31.2 Å². The molecule has 1 aliphatic carbocycles. The first-order valence-corrected chi connectivity index (χ1v) is 8.98. The highest BCUT2D eigenvalue weighted by Gasteiger charge is 2.51. The van der Waals surface area contributed by atoms with Crippen molar-refractivity contribution < 1.29 is 8.78 Å². The minimum atomic E-state index is -0.485. The van der Waals surface area contributed by atoms with Crippen LogP contribution in [0.5, 0.6) is 0 Å². The number of rotatable bonds is 1. The van der Waals surface area contributed by atoms with Crippen LogP contribution in [-0.2, 0) is 0 Å². The zero-order valence-corrected chi connectivity index (χ0v) is 14.0. The van der Waals surface area contributed by atoms with Crippen LogP contribution in [0.25, 0.3) is 5.57 Å². The van der Waals surface area contributed by atoms with Gasteiger partial charge in [0.15, 0.2) is 0 Å². The van der Waals surface area contributed by atoms with E-state index in [1.165, 1.54) is 23.8 Å². The number of allylic oxidation sites excluding steroid dienone is 1. The Hall–Kier alpha value is -1.76. The van der Waals surface area contributed by atoms with Crippen molar-refractivity contribution in [1.29, 1.82) is 0 Å². The Morgan fingerprint density at radius 2 is 1.96 bits per heavy atom. The van der Waals surface area contributed by atoms with Gasteiger partial charge in [-0.1, -0.05) is 19.1 Å². The number of halogens is 2. The fourth-order valence-electron chi connectivity index (χ4n) is 5.25. The number of hydrogen-bond acceptors (Lipinski definition) is 4. The minimum absolute atomic E-state index is 0.0539. The molecule has 0 spiro atoms. The van der Waals surface area contributed by atoms with Crippen molar-refractivity contribution in [3.63, 3.8) is 0 Å². The van der Waals surface area contributed by atoms with Gasteiger partial charge in [-0.3, -0.25) is 10.9 Å². The summed E-state index contributed by atoms with van der Waals surface area (Å²) in [6.07, 6.45) is 4.20. The molecule has 0 amide bonds. The summed E-state index contributed by atoms with van der Waals surface area (Å²) in [5.74, 6) is -0.134. The molecule has 4 N–H and O–H groups in total. The van der Waals surface area contributed by atoms with Gasteiger partial charge >= 0.3 is 0 Å². The van der Waals surface area contributed by atoms with Gasteiger partial charge in [-0.2, -0.15) is 0 Å². The van der Waals surface area contributed by atoms with Crippen LogP contribution in [0, 0.1) is 29.4 Å². The third-order valence-electron chi connectivity index (χ3n) is 6.29. The summed E-state index contributed by atoms with van der Waals surface area (Å²) in [6.45, 7) is 3.80. The maximum absolute atomic E-state index is 14.4. The van der Waals surface area contributed by atoms with Crippen molar-refractivity contribution in [2.45, 2.75) is 25.0 Å². The SMILES string of the molecule is CC1C=C(c2c(F)cccc2F)C2NCC3=CNC4CNNC4C1C32. The highest BCUT2D eigenvalue weighted by atomic mass is 19.1. The van der Waals surface area contributed by atoms with Crippen LogP contribution >= 0.6 is 0 Å². The van der Waals surface area contributed by atoms with E-state index in [0.717, 1.165) is 18.7 Å². The molecule has 6 heteroatoms. The summed E-state index contributed by atoms with van der Waals surface area (Å²) < 4.78 is 28.9. The van der Waals surface area contributed by atoms with E-state index in [2.05, 4.69) is 40.7 Å². The van der Waals surface area contributed by atoms with Crippen LogP contribution < -0.4 is 21.5 Å². The molecule has 2 saturated heterocycles. The Labute approximate surface area is 145 Å². The first-order valence-electron chi connectivity index (χ1n) is 8.98. The summed E-state index contributed by atoms with van der Waals surface area (Å²) in [5, 5.41) is 7.03. The molecule has 0 saturated carbocycles. The monoisotopic (exact) mass is 344 g/mol. The van der Waals surface area contributed by atoms with Crippen molar-refractivity contribution in [3.8, 4) is 0 Å². The number of hydrazine groups is 1. The molecule has 0 aromatic heterocycles. The van der Waals surface area contributed by atoms with Gasteiger partial charge < -0.3 is 10.6 Å². The highest BCUT2D eigenvalue weighted by Crippen LogP contribution is 2.48. The number of hydrogen-bond donors (Lipinski definition) is 4. The van der Waals surface area contributed by atoms with Crippen LogP contribution in [0.1, 0.15) is 12.5 Å². The third kappa shape index (κ3) is 2.21. The second-order valence-electron chi connectivity index (χ2n) is 7.58. The molecule has 5 rings (SSSR count). The predicted molar refractivity (Wildman–Crippen MR) is 92.2 cm³/mol. The third-order valence-corrected chi connectivity index (χ3v) is 6.29. The van der Waals surface area contributed by atoms with E-state index < -0.39 is 11.6 Å². The fourth-order valence-corrected chi connectivity index (χ4v) is 5.25. The van der Waals surface area contributed by atoms with Crippen LogP contribution in [0.3, 0.4) is 0 Å². The molecule has 4 aliphatic rings. The van der Waals surface area contributed by atoms with Gasteiger partial charge in [0.25, 0.3) is 0 Å². The molecular formula is C19H22F2N4. The van der Waals surface area contributed by atoms with Crippen molar-refractivity contribution in [2.24, 2.45) is 17.8 Å². The van der Waals surface area contributed by atoms with Crippen molar-refractivity contribution in [3.05, 3.63) is 53.2 Å². The topological polar surface area (TPSA) is 48.1 Å². The van der Waals surface area contributed by atoms with Gasteiger partial charge in [-0.15, -0.1) is 0 Å². The van der Waals surface area contributed by atoms with Crippen molar-refractivity contribution in [1.82, 2.24) is 21.5 Å². The lowest BCUT2D eigenvalue weighted by Crippen LogP contribution is -2.52. The quantitative estimate of drug-likeness (QED) is 0.624. The molecule has 0 bridgehead atoms. The normalized spacial score (nSPS) is 39.0. The number of benzene rings is 1. The summed E-state index contributed by atoms with van der Waals surface area (Å²) in [5.41, 5.74) is 8.87. The van der Waals surface area contributed by atoms with Crippen LogP contribution in [0.4, 0.5) is 8.78 Å². The lowest BCUT2D eigenvalue weighted by molar-refractivity contribution is 0.212. The van der Waals surface area contributed by atoms with E-state index in [4.69, 9.17) is 0 Å². The molecule has 1 aromatic rings. The smallest absolute Gasteiger partial charge is 0.133 e. The van der Waals surface area contributed by atoms with E-state index in [1.807, 2.05) is 0 Å². The molecule has 1 aromatic carbocycles. The Morgan fingerprint density at radius 3 is 2.76 bits per heavy atom. The number of nitrogens with one attached hydrogen (secondary N) is 4. The summed E-state index contributed by atoms with van der Waals surface area (Å²) >= 11 is 0. The standard InChI is InChI=1S/C19H22F2N4/c1-9-5-11(17-12(20)3-2-4-13(17)21)18-16-10(7-23-18)6-22-14-8-24-25-19(14)15(9)16/h2-6,9,14-16,18-19,22-25H,7-8H2,1H3. The first kappa shape index (κ1) is 15.5. The van der Waals surface area contributed by atoms with E-state index in [-0.39, 0.29) is 23.4 Å². The predicted octanol–water partition coefficient (Wildman–Crippen LogP) is 1.53. The van der Waals surface area contributed by atoms with E-state index in [1.54, 1.807) is 0 Å². The summed E-state index contributed by atoms with van der Waals surface area (Å²) in [7, 11) is 0. The highest BCUT2D eigenvalue weighted by molar-refractivity contribution is 5.73. The summed E-state index contributed by atoms with van der Waals surface area (Å²) in [4.78, 5) is 0. The molecule has 6 atom stereocenters. The Morgan fingerprint density at radius 1 is 1.16 bits per heavy atom. The number of fused-ring (bicyclic) bond motifs is 2. The van der Waals surface area contributed by atoms with Gasteiger partial charge in [-0.25, -0.2) is 8.78 Å². The molecule has 2 fully saturated rings. The fraction of sp³-hybridized carbons (Fsp3) is 0.474. The minimum Gasteiger partial charge on any atom is -0.385 e. The molecule has 25 heavy (non-hydrogen) atoms. The molecular weight excluding hydrogens is 322 g/mol. The van der Waals surface area contributed by atoms with Gasteiger partial charge in [0.05, 0.1) is 11.6 Å². The lowest BCUT2D eigenvalue weighted by atomic mass is 9.65. The molecule has 6 unspecified atom stereocenters. The van der Waals surface area contributed by atoms with Crippen LogP contribution in [0.2, 0.25) is 0 Å². The van der Waals surface area contributed by atoms with E-state index in [9.17, 15) is 8.78 Å². The average molecular weight is 344 g/mol. The Kier molecular flexibility index (Phi) is 3.48. The van der Waals surface area contributed by atoms with Gasteiger partial charge in [0.1, 0.15) is 11.6 Å². The average Bonchev–Trinajstić information content (AvgIpc) is 3.17. The largest absolute Gasteiger partial charge is 0.385 e. The van der Waals surface area contributed by atoms with Crippen molar-refractivity contribution >= 4 is 5.57 Å². The molecule has 3 heterocycles.